The Hall–Kier alpha value is -2.14. The quantitative estimate of drug-likeness (QED) is 0.892. The third kappa shape index (κ3) is 4.24. The van der Waals surface area contributed by atoms with E-state index in [9.17, 15) is 4.79 Å². The molecule has 3 atom stereocenters. The predicted molar refractivity (Wildman–Crippen MR) is 106 cm³/mol. The van der Waals surface area contributed by atoms with Crippen LogP contribution in [0.25, 0.3) is 10.9 Å². The smallest absolute Gasteiger partial charge is 0.407 e. The third-order valence-corrected chi connectivity index (χ3v) is 5.69. The number of aromatic nitrogens is 1. The van der Waals surface area contributed by atoms with Crippen LogP contribution in [0.1, 0.15) is 39.2 Å². The fraction of sp³-hybridized carbons (Fsp3) is 0.545. The zero-order chi connectivity index (χ0) is 19.0. The number of benzene rings is 1. The molecule has 1 saturated heterocycles. The van der Waals surface area contributed by atoms with Gasteiger partial charge in [0.15, 0.2) is 0 Å². The Morgan fingerprint density at radius 3 is 2.89 bits per heavy atom. The van der Waals surface area contributed by atoms with Crippen LogP contribution in [0, 0.1) is 11.8 Å². The Morgan fingerprint density at radius 1 is 1.26 bits per heavy atom. The number of likely N-dealkylation sites (tertiary alicyclic amines) is 1. The minimum atomic E-state index is -0.452. The molecule has 2 aliphatic rings. The molecule has 1 aliphatic heterocycles. The van der Waals surface area contributed by atoms with Crippen LogP contribution < -0.4 is 5.32 Å². The molecule has 27 heavy (non-hydrogen) atoms. The summed E-state index contributed by atoms with van der Waals surface area (Å²) in [7, 11) is 0. The molecule has 1 aliphatic carbocycles. The molecule has 0 unspecified atom stereocenters. The average molecular weight is 367 g/mol. The summed E-state index contributed by atoms with van der Waals surface area (Å²) in [5.74, 6) is 1.18. The van der Waals surface area contributed by atoms with Gasteiger partial charge in [0.05, 0.1) is 5.52 Å². The number of amides is 1. The summed E-state index contributed by atoms with van der Waals surface area (Å²) in [6.45, 7) is 8.75. The minimum Gasteiger partial charge on any atom is -0.444 e. The van der Waals surface area contributed by atoms with Gasteiger partial charge in [-0.2, -0.15) is 0 Å². The number of para-hydroxylation sites is 1. The molecule has 144 valence electrons. The molecule has 1 aromatic heterocycles. The molecule has 2 fully saturated rings. The molecule has 2 heterocycles. The first kappa shape index (κ1) is 18.2. The molecular weight excluding hydrogens is 338 g/mol. The highest BCUT2D eigenvalue weighted by Gasteiger charge is 2.43. The highest BCUT2D eigenvalue weighted by Crippen LogP contribution is 2.38. The Labute approximate surface area is 161 Å². The number of nitrogens with zero attached hydrogens (tertiary/aromatic N) is 2. The molecule has 0 bridgehead atoms. The largest absolute Gasteiger partial charge is 0.444 e. The van der Waals surface area contributed by atoms with Crippen molar-refractivity contribution in [3.63, 3.8) is 0 Å². The molecule has 5 heteroatoms. The number of pyridine rings is 1. The number of hydrogen-bond acceptors (Lipinski definition) is 4. The van der Waals surface area contributed by atoms with Gasteiger partial charge in [-0.3, -0.25) is 9.88 Å². The van der Waals surface area contributed by atoms with Crippen molar-refractivity contribution >= 4 is 17.0 Å². The van der Waals surface area contributed by atoms with E-state index in [1.807, 2.05) is 39.1 Å². The average Bonchev–Trinajstić information content (AvgIpc) is 3.14. The van der Waals surface area contributed by atoms with E-state index in [1.54, 1.807) is 0 Å². The zero-order valence-corrected chi connectivity index (χ0v) is 16.4. The van der Waals surface area contributed by atoms with Crippen molar-refractivity contribution < 1.29 is 9.53 Å². The monoisotopic (exact) mass is 367 g/mol. The lowest BCUT2D eigenvalue weighted by Gasteiger charge is -2.25. The van der Waals surface area contributed by atoms with Gasteiger partial charge in [-0.25, -0.2) is 4.79 Å². The zero-order valence-electron chi connectivity index (χ0n) is 16.4. The van der Waals surface area contributed by atoms with Crippen molar-refractivity contribution in [3.05, 3.63) is 42.1 Å². The molecule has 2 aromatic rings. The van der Waals surface area contributed by atoms with Crippen LogP contribution in [0.4, 0.5) is 4.79 Å². The summed E-state index contributed by atoms with van der Waals surface area (Å²) in [5.41, 5.74) is 1.85. The first-order valence-corrected chi connectivity index (χ1v) is 9.93. The van der Waals surface area contributed by atoms with Crippen LogP contribution in [0.3, 0.4) is 0 Å². The van der Waals surface area contributed by atoms with Crippen LogP contribution in [-0.4, -0.2) is 40.7 Å². The van der Waals surface area contributed by atoms with Crippen molar-refractivity contribution in [1.82, 2.24) is 15.2 Å². The van der Waals surface area contributed by atoms with Gasteiger partial charge >= 0.3 is 6.09 Å². The first-order valence-electron chi connectivity index (χ1n) is 9.93. The number of alkyl carbamates (subject to hydrolysis) is 1. The van der Waals surface area contributed by atoms with E-state index < -0.39 is 5.60 Å². The molecule has 0 radical (unpaired) electrons. The fourth-order valence-corrected chi connectivity index (χ4v) is 4.59. The summed E-state index contributed by atoms with van der Waals surface area (Å²) in [4.78, 5) is 19.2. The number of rotatable bonds is 3. The van der Waals surface area contributed by atoms with Crippen molar-refractivity contribution in [2.45, 2.75) is 51.8 Å². The van der Waals surface area contributed by atoms with E-state index in [4.69, 9.17) is 4.74 Å². The minimum absolute atomic E-state index is 0.226. The SMILES string of the molecule is CC(C)(C)OC(=O)N[C@@H]1CC[C@H]2CN(Cc3cnc4ccccc4c3)C[C@H]21. The maximum atomic E-state index is 12.1. The maximum Gasteiger partial charge on any atom is 0.407 e. The van der Waals surface area contributed by atoms with Crippen molar-refractivity contribution in [2.75, 3.05) is 13.1 Å². The normalized spacial score (nSPS) is 25.5. The predicted octanol–water partition coefficient (Wildman–Crippen LogP) is 3.97. The molecular formula is C22H29N3O2. The van der Waals surface area contributed by atoms with Crippen LogP contribution >= 0.6 is 0 Å². The first-order chi connectivity index (χ1) is 12.9. The number of fused-ring (bicyclic) bond motifs is 2. The lowest BCUT2D eigenvalue weighted by Crippen LogP contribution is -2.42. The lowest BCUT2D eigenvalue weighted by atomic mass is 9.98. The molecule has 1 aromatic carbocycles. The molecule has 1 amide bonds. The van der Waals surface area contributed by atoms with Gasteiger partial charge in [0, 0.05) is 37.3 Å². The maximum absolute atomic E-state index is 12.1. The van der Waals surface area contributed by atoms with Gasteiger partial charge in [-0.15, -0.1) is 0 Å². The molecule has 1 N–H and O–H groups in total. The third-order valence-electron chi connectivity index (χ3n) is 5.69. The molecule has 5 nitrogen and oxygen atoms in total. The van der Waals surface area contributed by atoms with E-state index in [0.29, 0.717) is 11.8 Å². The van der Waals surface area contributed by atoms with Gasteiger partial charge in [-0.05, 0) is 63.1 Å². The molecule has 1 saturated carbocycles. The lowest BCUT2D eigenvalue weighted by molar-refractivity contribution is 0.0491. The van der Waals surface area contributed by atoms with Crippen molar-refractivity contribution in [3.8, 4) is 0 Å². The second-order valence-corrected chi connectivity index (χ2v) is 8.98. The highest BCUT2D eigenvalue weighted by atomic mass is 16.6. The summed E-state index contributed by atoms with van der Waals surface area (Å²) in [6.07, 6.45) is 3.94. The number of nitrogens with one attached hydrogen (secondary N) is 1. The number of hydrogen-bond donors (Lipinski definition) is 1. The van der Waals surface area contributed by atoms with Gasteiger partial charge in [0.25, 0.3) is 0 Å². The highest BCUT2D eigenvalue weighted by molar-refractivity contribution is 5.78. The van der Waals surface area contributed by atoms with Crippen LogP contribution in [0.5, 0.6) is 0 Å². The number of carbonyl (C=O) groups is 1. The standard InChI is InChI=1S/C22H29N3O2/c1-22(2,3)27-21(26)24-20-9-8-17-13-25(14-18(17)20)12-15-10-16-6-4-5-7-19(16)23-11-15/h4-7,10-11,17-18,20H,8-9,12-14H2,1-3H3,(H,24,26)/t17-,18+,20+/m0/s1. The van der Waals surface area contributed by atoms with Gasteiger partial charge in [0.1, 0.15) is 5.60 Å². The van der Waals surface area contributed by atoms with Crippen LogP contribution in [-0.2, 0) is 11.3 Å². The van der Waals surface area contributed by atoms with E-state index in [1.165, 1.54) is 17.4 Å². The van der Waals surface area contributed by atoms with E-state index in [2.05, 4.69) is 33.4 Å². The van der Waals surface area contributed by atoms with Gasteiger partial charge < -0.3 is 10.1 Å². The Kier molecular flexibility index (Phi) is 4.81. The summed E-state index contributed by atoms with van der Waals surface area (Å²) >= 11 is 0. The Morgan fingerprint density at radius 2 is 2.07 bits per heavy atom. The van der Waals surface area contributed by atoms with E-state index in [0.717, 1.165) is 31.6 Å². The van der Waals surface area contributed by atoms with Crippen molar-refractivity contribution in [1.29, 1.82) is 0 Å². The van der Waals surface area contributed by atoms with Gasteiger partial charge in [0.2, 0.25) is 0 Å². The second kappa shape index (κ2) is 7.12. The fourth-order valence-electron chi connectivity index (χ4n) is 4.59. The van der Waals surface area contributed by atoms with Gasteiger partial charge in [-0.1, -0.05) is 18.2 Å². The Bertz CT molecular complexity index is 830. The van der Waals surface area contributed by atoms with E-state index in [-0.39, 0.29) is 12.1 Å². The van der Waals surface area contributed by atoms with E-state index >= 15 is 0 Å². The Balaban J connectivity index is 1.37. The summed E-state index contributed by atoms with van der Waals surface area (Å²) in [5, 5.41) is 4.31. The van der Waals surface area contributed by atoms with Crippen molar-refractivity contribution in [2.24, 2.45) is 11.8 Å². The molecule has 0 spiro atoms. The second-order valence-electron chi connectivity index (χ2n) is 8.98. The summed E-state index contributed by atoms with van der Waals surface area (Å²) in [6, 6.07) is 10.7. The topological polar surface area (TPSA) is 54.5 Å². The number of carbonyl (C=O) groups excluding carboxylic acids is 1. The molecule has 4 rings (SSSR count). The number of ether oxygens (including phenoxy) is 1. The van der Waals surface area contributed by atoms with Crippen LogP contribution in [0.15, 0.2) is 36.5 Å². The van der Waals surface area contributed by atoms with Crippen LogP contribution in [0.2, 0.25) is 0 Å². The summed E-state index contributed by atoms with van der Waals surface area (Å²) < 4.78 is 5.44.